The average Bonchev–Trinajstić information content (AvgIpc) is 3.60. The first-order valence-electron chi connectivity index (χ1n) is 11.3. The van der Waals surface area contributed by atoms with Gasteiger partial charge in [-0.2, -0.15) is 21.5 Å². The molecule has 5 heterocycles. The molecule has 0 saturated carbocycles. The summed E-state index contributed by atoms with van der Waals surface area (Å²) in [5.74, 6) is 0.724. The summed E-state index contributed by atoms with van der Waals surface area (Å²) < 4.78 is 20.5. The minimum absolute atomic E-state index is 0.122. The molecule has 3 aromatic rings. The smallest absolute Gasteiger partial charge is 0.272 e. The van der Waals surface area contributed by atoms with Gasteiger partial charge in [0, 0.05) is 41.4 Å². The summed E-state index contributed by atoms with van der Waals surface area (Å²) in [5, 5.41) is 25.4. The molecule has 0 bridgehead atoms. The molecule has 1 saturated heterocycles. The number of aryl methyl sites for hydroxylation is 1. The quantitative estimate of drug-likeness (QED) is 0.471. The number of aromatic nitrogens is 4. The number of nitrogens with zero attached hydrogens (tertiary/aromatic N) is 4. The molecule has 5 rings (SSSR count). The third-order valence-electron chi connectivity index (χ3n) is 6.40. The number of carbonyl (C=O) groups excluding carboxylic acids is 1. The van der Waals surface area contributed by atoms with Crippen molar-refractivity contribution in [2.24, 2.45) is 7.05 Å². The van der Waals surface area contributed by atoms with Crippen LogP contribution in [0.2, 0.25) is 0 Å². The summed E-state index contributed by atoms with van der Waals surface area (Å²) in [7, 11) is 3.46. The van der Waals surface area contributed by atoms with Crippen molar-refractivity contribution < 1.29 is 24.1 Å². The van der Waals surface area contributed by atoms with E-state index in [-0.39, 0.29) is 32.1 Å². The largest absolute Gasteiger partial charge is 0.496 e. The zero-order valence-electron chi connectivity index (χ0n) is 20.3. The molecular formula is C25H27N5O5S. The van der Waals surface area contributed by atoms with Gasteiger partial charge in [0.2, 0.25) is 0 Å². The van der Waals surface area contributed by atoms with Crippen LogP contribution >= 0.6 is 11.3 Å². The van der Waals surface area contributed by atoms with E-state index < -0.39 is 11.4 Å². The number of allylic oxidation sites excluding steroid dienone is 3. The Morgan fingerprint density at radius 3 is 2.81 bits per heavy atom. The van der Waals surface area contributed by atoms with Crippen LogP contribution in [0, 0.1) is 0 Å². The van der Waals surface area contributed by atoms with Crippen LogP contribution in [0.3, 0.4) is 0 Å². The van der Waals surface area contributed by atoms with Gasteiger partial charge in [-0.1, -0.05) is 6.58 Å². The fourth-order valence-electron chi connectivity index (χ4n) is 4.29. The molecule has 0 radical (unpaired) electrons. The Morgan fingerprint density at radius 2 is 2.22 bits per heavy atom. The number of fused-ring (bicyclic) bond motifs is 1. The molecule has 36 heavy (non-hydrogen) atoms. The maximum Gasteiger partial charge on any atom is 0.272 e. The molecule has 2 aliphatic rings. The van der Waals surface area contributed by atoms with E-state index in [0.29, 0.717) is 28.3 Å². The van der Waals surface area contributed by atoms with E-state index in [2.05, 4.69) is 22.1 Å². The van der Waals surface area contributed by atoms with E-state index in [9.17, 15) is 9.90 Å². The average molecular weight is 510 g/mol. The molecule has 1 fully saturated rings. The highest BCUT2D eigenvalue weighted by molar-refractivity contribution is 7.08. The normalized spacial score (nSPS) is 18.2. The predicted octanol–water partition coefficient (Wildman–Crippen LogP) is 2.66. The summed E-state index contributed by atoms with van der Waals surface area (Å²) >= 11 is 1.53. The second-order valence-corrected chi connectivity index (χ2v) is 9.54. The molecule has 3 aromatic heterocycles. The first-order valence-corrected chi connectivity index (χ1v) is 12.2. The minimum atomic E-state index is -0.796. The Morgan fingerprint density at radius 1 is 1.42 bits per heavy atom. The number of aliphatic hydroxyl groups excluding tert-OH is 1. The van der Waals surface area contributed by atoms with Gasteiger partial charge in [0.25, 0.3) is 5.91 Å². The fourth-order valence-corrected chi connectivity index (χ4v) is 4.90. The zero-order valence-corrected chi connectivity index (χ0v) is 21.1. The topological polar surface area (TPSA) is 113 Å². The van der Waals surface area contributed by atoms with Gasteiger partial charge in [0.15, 0.2) is 5.69 Å². The minimum Gasteiger partial charge on any atom is -0.496 e. The van der Waals surface area contributed by atoms with Gasteiger partial charge in [0.05, 0.1) is 44.0 Å². The number of amides is 1. The monoisotopic (exact) mass is 509 g/mol. The van der Waals surface area contributed by atoms with Crippen LogP contribution in [0.5, 0.6) is 0 Å². The summed E-state index contributed by atoms with van der Waals surface area (Å²) in [6, 6.07) is 3.83. The lowest BCUT2D eigenvalue weighted by atomic mass is 9.97. The van der Waals surface area contributed by atoms with E-state index in [1.54, 1.807) is 28.7 Å². The second-order valence-electron chi connectivity index (χ2n) is 8.76. The van der Waals surface area contributed by atoms with Gasteiger partial charge >= 0.3 is 0 Å². The maximum absolute atomic E-state index is 13.2. The molecule has 2 N–H and O–H groups in total. The van der Waals surface area contributed by atoms with Crippen molar-refractivity contribution in [2.75, 3.05) is 26.9 Å². The summed E-state index contributed by atoms with van der Waals surface area (Å²) in [6.45, 7) is 6.64. The number of hydrogen-bond donors (Lipinski definition) is 2. The van der Waals surface area contributed by atoms with Crippen LogP contribution in [-0.4, -0.2) is 63.0 Å². The Balaban J connectivity index is 1.55. The first-order chi connectivity index (χ1) is 17.4. The van der Waals surface area contributed by atoms with E-state index >= 15 is 0 Å². The van der Waals surface area contributed by atoms with Gasteiger partial charge in [0.1, 0.15) is 23.7 Å². The lowest BCUT2D eigenvalue weighted by molar-refractivity contribution is -0.0920. The van der Waals surface area contributed by atoms with Crippen molar-refractivity contribution in [3.05, 3.63) is 75.9 Å². The molecule has 1 amide bonds. The zero-order chi connectivity index (χ0) is 25.4. The molecule has 10 nitrogen and oxygen atoms in total. The van der Waals surface area contributed by atoms with Gasteiger partial charge in [-0.25, -0.2) is 4.68 Å². The third-order valence-corrected chi connectivity index (χ3v) is 7.07. The standard InChI is InChI=1S/C25H27N5O5S/c1-15(19-5-7-26-29(19)3)20(33-4)9-21-16(2)23-18(10-35-21)22(28-30(23)17-6-8-36-11-17)24(32)27-25(12-31)13-34-14-25/h5-9,11,31H,2,10,12-14H2,1,3-4H3,(H,27,32)/b20-15-,21-9+. The van der Waals surface area contributed by atoms with Gasteiger partial charge in [-0.3, -0.25) is 9.48 Å². The van der Waals surface area contributed by atoms with E-state index in [0.717, 1.165) is 17.0 Å². The molecular weight excluding hydrogens is 482 g/mol. The maximum atomic E-state index is 13.2. The van der Waals surface area contributed by atoms with Crippen molar-refractivity contribution >= 4 is 28.4 Å². The lowest BCUT2D eigenvalue weighted by Gasteiger charge is -2.40. The Kier molecular flexibility index (Phi) is 6.29. The Hall–Kier alpha value is -3.67. The molecule has 0 atom stereocenters. The number of methoxy groups -OCH3 is 1. The summed E-state index contributed by atoms with van der Waals surface area (Å²) in [5.41, 5.74) is 3.93. The third kappa shape index (κ3) is 4.04. The SMILES string of the molecule is C=C1/C(=C\C(OC)=C(/C)c2ccnn2C)OCc2c(C(=O)NC3(CO)COC3)nn(-c3ccsc3)c21. The molecule has 2 aliphatic heterocycles. The number of thiophene rings is 1. The molecule has 0 unspecified atom stereocenters. The van der Waals surface area contributed by atoms with Gasteiger partial charge in [-0.15, -0.1) is 0 Å². The van der Waals surface area contributed by atoms with E-state index in [1.807, 2.05) is 36.9 Å². The lowest BCUT2D eigenvalue weighted by Crippen LogP contribution is -2.64. The highest BCUT2D eigenvalue weighted by Gasteiger charge is 2.41. The first kappa shape index (κ1) is 24.0. The van der Waals surface area contributed by atoms with Crippen molar-refractivity contribution in [1.82, 2.24) is 24.9 Å². The fraction of sp³-hybridized carbons (Fsp3) is 0.320. The second kappa shape index (κ2) is 9.41. The molecule has 11 heteroatoms. The van der Waals surface area contributed by atoms with E-state index in [1.165, 1.54) is 11.3 Å². The summed E-state index contributed by atoms with van der Waals surface area (Å²) in [4.78, 5) is 13.2. The van der Waals surface area contributed by atoms with Crippen molar-refractivity contribution in [3.63, 3.8) is 0 Å². The molecule has 188 valence electrons. The number of hydrogen-bond acceptors (Lipinski definition) is 8. The van der Waals surface area contributed by atoms with Crippen LogP contribution in [0.15, 0.2) is 53.3 Å². The number of carbonyl (C=O) groups is 1. The molecule has 0 aliphatic carbocycles. The van der Waals surface area contributed by atoms with Crippen LogP contribution in [-0.2, 0) is 27.9 Å². The number of rotatable bonds is 7. The number of aliphatic hydroxyl groups is 1. The highest BCUT2D eigenvalue weighted by Crippen LogP contribution is 2.37. The van der Waals surface area contributed by atoms with E-state index in [4.69, 9.17) is 14.2 Å². The van der Waals surface area contributed by atoms with Crippen LogP contribution in [0.25, 0.3) is 16.8 Å². The number of nitrogens with one attached hydrogen (secondary N) is 1. The van der Waals surface area contributed by atoms with Crippen molar-refractivity contribution in [1.29, 1.82) is 0 Å². The highest BCUT2D eigenvalue weighted by atomic mass is 32.1. The van der Waals surface area contributed by atoms with Crippen LogP contribution < -0.4 is 5.32 Å². The Labute approximate surface area is 212 Å². The predicted molar refractivity (Wildman–Crippen MR) is 134 cm³/mol. The van der Waals surface area contributed by atoms with Crippen molar-refractivity contribution in [3.8, 4) is 5.69 Å². The summed E-state index contributed by atoms with van der Waals surface area (Å²) in [6.07, 6.45) is 3.52. The van der Waals surface area contributed by atoms with Crippen molar-refractivity contribution in [2.45, 2.75) is 19.1 Å². The van der Waals surface area contributed by atoms with Gasteiger partial charge in [-0.05, 0) is 24.4 Å². The Bertz CT molecular complexity index is 1370. The van der Waals surface area contributed by atoms with Crippen LogP contribution in [0.1, 0.15) is 34.4 Å². The number of ether oxygens (including phenoxy) is 3. The van der Waals surface area contributed by atoms with Gasteiger partial charge < -0.3 is 24.6 Å². The molecule has 0 spiro atoms. The van der Waals surface area contributed by atoms with Crippen LogP contribution in [0.4, 0.5) is 0 Å². The molecule has 0 aromatic carbocycles.